The molecule has 0 aromatic carbocycles. The van der Waals surface area contributed by atoms with Crippen molar-refractivity contribution in [2.75, 3.05) is 13.2 Å². The molecule has 0 spiro atoms. The molecule has 0 radical (unpaired) electrons. The summed E-state index contributed by atoms with van der Waals surface area (Å²) in [5.41, 5.74) is 0. The summed E-state index contributed by atoms with van der Waals surface area (Å²) < 4.78 is 0. The Morgan fingerprint density at radius 1 is 1.21 bits per heavy atom. The molecule has 0 atom stereocenters. The van der Waals surface area contributed by atoms with Crippen LogP contribution >= 0.6 is 0 Å². The Morgan fingerprint density at radius 3 is 2.21 bits per heavy atom. The number of aliphatic hydroxyl groups is 1. The third-order valence-corrected chi connectivity index (χ3v) is 3.48. The molecule has 0 unspecified atom stereocenters. The van der Waals surface area contributed by atoms with Crippen molar-refractivity contribution in [3.63, 3.8) is 0 Å². The summed E-state index contributed by atoms with van der Waals surface area (Å²) in [5, 5.41) is 9.03. The molecule has 2 heteroatoms. The minimum absolute atomic E-state index is 0.296. The van der Waals surface area contributed by atoms with Gasteiger partial charge in [-0.25, -0.2) is 0 Å². The van der Waals surface area contributed by atoms with Gasteiger partial charge in [-0.1, -0.05) is 6.92 Å². The van der Waals surface area contributed by atoms with E-state index >= 15 is 0 Å². The maximum Gasteiger partial charge on any atom is 0.0558 e. The van der Waals surface area contributed by atoms with E-state index in [0.29, 0.717) is 12.6 Å². The lowest BCUT2D eigenvalue weighted by Crippen LogP contribution is -2.43. The van der Waals surface area contributed by atoms with Crippen LogP contribution in [0.1, 0.15) is 46.5 Å². The largest absolute Gasteiger partial charge is 0.395 e. The van der Waals surface area contributed by atoms with Gasteiger partial charge in [-0.05, 0) is 45.4 Å². The second kappa shape index (κ2) is 5.72. The zero-order valence-corrected chi connectivity index (χ0v) is 9.87. The van der Waals surface area contributed by atoms with Crippen LogP contribution in [0.5, 0.6) is 0 Å². The predicted molar refractivity (Wildman–Crippen MR) is 60.3 cm³/mol. The molecule has 0 aliphatic heterocycles. The van der Waals surface area contributed by atoms with E-state index < -0.39 is 0 Å². The monoisotopic (exact) mass is 199 g/mol. The highest BCUT2D eigenvalue weighted by Crippen LogP contribution is 2.27. The molecule has 1 aliphatic carbocycles. The van der Waals surface area contributed by atoms with E-state index in [0.717, 1.165) is 18.5 Å². The predicted octanol–water partition coefficient (Wildman–Crippen LogP) is 2.27. The minimum atomic E-state index is 0.296. The lowest BCUT2D eigenvalue weighted by molar-refractivity contribution is 0.0855. The van der Waals surface area contributed by atoms with E-state index in [9.17, 15) is 0 Å². The van der Waals surface area contributed by atoms with Gasteiger partial charge < -0.3 is 5.11 Å². The Kier molecular flexibility index (Phi) is 4.90. The first-order valence-electron chi connectivity index (χ1n) is 6.01. The van der Waals surface area contributed by atoms with E-state index in [1.165, 1.54) is 25.7 Å². The second-order valence-corrected chi connectivity index (χ2v) is 4.97. The molecule has 1 N–H and O–H groups in total. The Labute approximate surface area is 88.3 Å². The molecule has 1 rings (SSSR count). The standard InChI is InChI=1S/C12H25NO/c1-10(2)13(8-9-14)12-6-4-11(3)5-7-12/h10-12,14H,4-9H2,1-3H3. The van der Waals surface area contributed by atoms with Crippen molar-refractivity contribution >= 4 is 0 Å². The van der Waals surface area contributed by atoms with Crippen LogP contribution < -0.4 is 0 Å². The number of hydrogen-bond acceptors (Lipinski definition) is 2. The molecule has 0 aromatic heterocycles. The molecular formula is C12H25NO. The van der Waals surface area contributed by atoms with Gasteiger partial charge >= 0.3 is 0 Å². The first-order chi connectivity index (χ1) is 6.65. The van der Waals surface area contributed by atoms with Crippen molar-refractivity contribution in [2.24, 2.45) is 5.92 Å². The fourth-order valence-corrected chi connectivity index (χ4v) is 2.55. The van der Waals surface area contributed by atoms with Crippen LogP contribution in [0.15, 0.2) is 0 Å². The normalized spacial score (nSPS) is 28.7. The van der Waals surface area contributed by atoms with Crippen LogP contribution in [-0.2, 0) is 0 Å². The molecule has 0 bridgehead atoms. The van der Waals surface area contributed by atoms with Gasteiger partial charge in [0.05, 0.1) is 6.61 Å². The van der Waals surface area contributed by atoms with Gasteiger partial charge in [0.25, 0.3) is 0 Å². The maximum absolute atomic E-state index is 9.03. The van der Waals surface area contributed by atoms with Gasteiger partial charge in [-0.2, -0.15) is 0 Å². The highest BCUT2D eigenvalue weighted by molar-refractivity contribution is 4.80. The van der Waals surface area contributed by atoms with E-state index in [1.807, 2.05) is 0 Å². The molecule has 0 saturated heterocycles. The third kappa shape index (κ3) is 3.25. The van der Waals surface area contributed by atoms with Crippen molar-refractivity contribution in [1.82, 2.24) is 4.90 Å². The SMILES string of the molecule is CC1CCC(N(CCO)C(C)C)CC1. The van der Waals surface area contributed by atoms with E-state index in [4.69, 9.17) is 5.11 Å². The van der Waals surface area contributed by atoms with Crippen molar-refractivity contribution in [3.05, 3.63) is 0 Å². The van der Waals surface area contributed by atoms with Gasteiger partial charge in [0, 0.05) is 18.6 Å². The van der Waals surface area contributed by atoms with Crippen molar-refractivity contribution in [1.29, 1.82) is 0 Å². The number of hydrogen-bond donors (Lipinski definition) is 1. The van der Waals surface area contributed by atoms with Crippen LogP contribution in [0, 0.1) is 5.92 Å². The third-order valence-electron chi connectivity index (χ3n) is 3.48. The molecule has 84 valence electrons. The topological polar surface area (TPSA) is 23.5 Å². The quantitative estimate of drug-likeness (QED) is 0.751. The molecule has 0 aromatic rings. The van der Waals surface area contributed by atoms with Crippen LogP contribution in [0.25, 0.3) is 0 Å². The van der Waals surface area contributed by atoms with E-state index in [-0.39, 0.29) is 0 Å². The van der Waals surface area contributed by atoms with Crippen LogP contribution in [0.3, 0.4) is 0 Å². The summed E-state index contributed by atoms with van der Waals surface area (Å²) in [5.74, 6) is 0.911. The lowest BCUT2D eigenvalue weighted by atomic mass is 9.86. The Balaban J connectivity index is 2.43. The average molecular weight is 199 g/mol. The Morgan fingerprint density at radius 2 is 1.79 bits per heavy atom. The van der Waals surface area contributed by atoms with Gasteiger partial charge in [-0.3, -0.25) is 4.90 Å². The summed E-state index contributed by atoms with van der Waals surface area (Å²) in [6.45, 7) is 7.95. The minimum Gasteiger partial charge on any atom is -0.395 e. The van der Waals surface area contributed by atoms with Crippen molar-refractivity contribution in [2.45, 2.75) is 58.5 Å². The average Bonchev–Trinajstić information content (AvgIpc) is 2.15. The zero-order chi connectivity index (χ0) is 10.6. The number of aliphatic hydroxyl groups excluding tert-OH is 1. The zero-order valence-electron chi connectivity index (χ0n) is 9.87. The molecular weight excluding hydrogens is 174 g/mol. The first-order valence-corrected chi connectivity index (χ1v) is 6.01. The molecule has 2 nitrogen and oxygen atoms in total. The number of nitrogens with zero attached hydrogens (tertiary/aromatic N) is 1. The lowest BCUT2D eigenvalue weighted by Gasteiger charge is -2.38. The van der Waals surface area contributed by atoms with E-state index in [1.54, 1.807) is 0 Å². The molecule has 0 heterocycles. The summed E-state index contributed by atoms with van der Waals surface area (Å²) in [6.07, 6.45) is 5.36. The second-order valence-electron chi connectivity index (χ2n) is 4.97. The molecule has 1 aliphatic rings. The van der Waals surface area contributed by atoms with Crippen molar-refractivity contribution < 1.29 is 5.11 Å². The molecule has 1 fully saturated rings. The maximum atomic E-state index is 9.03. The number of rotatable bonds is 4. The first kappa shape index (κ1) is 12.0. The highest BCUT2D eigenvalue weighted by Gasteiger charge is 2.24. The van der Waals surface area contributed by atoms with Crippen LogP contribution in [0.4, 0.5) is 0 Å². The van der Waals surface area contributed by atoms with Crippen LogP contribution in [-0.4, -0.2) is 35.2 Å². The van der Waals surface area contributed by atoms with Gasteiger partial charge in [-0.15, -0.1) is 0 Å². The van der Waals surface area contributed by atoms with E-state index in [2.05, 4.69) is 25.7 Å². The summed E-state index contributed by atoms with van der Waals surface area (Å²) >= 11 is 0. The van der Waals surface area contributed by atoms with Crippen molar-refractivity contribution in [3.8, 4) is 0 Å². The molecule has 1 saturated carbocycles. The Bertz CT molecular complexity index is 150. The van der Waals surface area contributed by atoms with Crippen LogP contribution in [0.2, 0.25) is 0 Å². The summed E-state index contributed by atoms with van der Waals surface area (Å²) in [7, 11) is 0. The van der Waals surface area contributed by atoms with Gasteiger partial charge in [0.2, 0.25) is 0 Å². The summed E-state index contributed by atoms with van der Waals surface area (Å²) in [4.78, 5) is 2.46. The smallest absolute Gasteiger partial charge is 0.0558 e. The molecule has 14 heavy (non-hydrogen) atoms. The highest BCUT2D eigenvalue weighted by atomic mass is 16.3. The molecule has 0 amide bonds. The Hall–Kier alpha value is -0.0800. The fraction of sp³-hybridized carbons (Fsp3) is 1.00. The fourth-order valence-electron chi connectivity index (χ4n) is 2.55. The summed E-state index contributed by atoms with van der Waals surface area (Å²) in [6, 6.07) is 1.29. The van der Waals surface area contributed by atoms with Gasteiger partial charge in [0.15, 0.2) is 0 Å². The van der Waals surface area contributed by atoms with Gasteiger partial charge in [0.1, 0.15) is 0 Å².